The number of ether oxygens (including phenoxy) is 2. The van der Waals surface area contributed by atoms with Crippen molar-refractivity contribution in [3.63, 3.8) is 0 Å². The highest BCUT2D eigenvalue weighted by Gasteiger charge is 2.11. The zero-order valence-corrected chi connectivity index (χ0v) is 17.5. The fraction of sp³-hybridized carbons (Fsp3) is 0.333. The Morgan fingerprint density at radius 1 is 1.14 bits per heavy atom. The van der Waals surface area contributed by atoms with E-state index in [1.807, 2.05) is 0 Å². The van der Waals surface area contributed by atoms with E-state index in [0.29, 0.717) is 39.3 Å². The molecule has 5 nitrogen and oxygen atoms in total. The molecular formula is C21H24Cl2N2O3. The molecule has 0 unspecified atom stereocenters. The van der Waals surface area contributed by atoms with E-state index in [-0.39, 0.29) is 5.91 Å². The van der Waals surface area contributed by atoms with Gasteiger partial charge < -0.3 is 9.47 Å². The number of hydrazone groups is 1. The average Bonchev–Trinajstić information content (AvgIpc) is 2.69. The van der Waals surface area contributed by atoms with Gasteiger partial charge in [-0.25, -0.2) is 5.43 Å². The molecule has 0 heterocycles. The standard InChI is InChI=1S/C21H24Cl2N2O3/c1-3-4-5-6-11-28-20-18(23)12-15(13-19(20)27-2)14-24-25-21(26)16-7-9-17(22)10-8-16/h7-10,12-14H,3-6,11H2,1-2H3,(H,25,26)/b24-14+. The number of benzene rings is 2. The molecule has 0 saturated heterocycles. The Balaban J connectivity index is 1.99. The number of carbonyl (C=O) groups is 1. The highest BCUT2D eigenvalue weighted by molar-refractivity contribution is 6.32. The normalized spacial score (nSPS) is 10.9. The smallest absolute Gasteiger partial charge is 0.271 e. The molecule has 0 spiro atoms. The zero-order chi connectivity index (χ0) is 20.4. The summed E-state index contributed by atoms with van der Waals surface area (Å²) >= 11 is 12.2. The van der Waals surface area contributed by atoms with Crippen LogP contribution >= 0.6 is 23.2 Å². The molecule has 1 N–H and O–H groups in total. The lowest BCUT2D eigenvalue weighted by Crippen LogP contribution is -2.17. The minimum absolute atomic E-state index is 0.335. The van der Waals surface area contributed by atoms with Gasteiger partial charge in [0.05, 0.1) is 25.0 Å². The summed E-state index contributed by atoms with van der Waals surface area (Å²) in [6, 6.07) is 10.0. The number of rotatable bonds is 10. The molecule has 28 heavy (non-hydrogen) atoms. The molecule has 0 atom stereocenters. The van der Waals surface area contributed by atoms with Crippen LogP contribution in [-0.2, 0) is 0 Å². The van der Waals surface area contributed by atoms with Gasteiger partial charge >= 0.3 is 0 Å². The van der Waals surface area contributed by atoms with Crippen LogP contribution < -0.4 is 14.9 Å². The maximum absolute atomic E-state index is 12.0. The maximum Gasteiger partial charge on any atom is 0.271 e. The first-order chi connectivity index (χ1) is 13.5. The third-order valence-electron chi connectivity index (χ3n) is 3.98. The van der Waals surface area contributed by atoms with E-state index >= 15 is 0 Å². The molecule has 2 aromatic carbocycles. The Kier molecular flexibility index (Phi) is 9.11. The minimum atomic E-state index is -0.335. The molecule has 0 aliphatic heterocycles. The largest absolute Gasteiger partial charge is 0.493 e. The van der Waals surface area contributed by atoms with Gasteiger partial charge in [0.25, 0.3) is 5.91 Å². The molecule has 0 aliphatic rings. The molecule has 1 amide bonds. The molecule has 0 bridgehead atoms. The third-order valence-corrected chi connectivity index (χ3v) is 4.51. The lowest BCUT2D eigenvalue weighted by molar-refractivity contribution is 0.0955. The monoisotopic (exact) mass is 422 g/mol. The molecule has 0 aliphatic carbocycles. The van der Waals surface area contributed by atoms with Crippen molar-refractivity contribution in [2.45, 2.75) is 32.6 Å². The first-order valence-corrected chi connectivity index (χ1v) is 9.90. The molecule has 0 saturated carbocycles. The van der Waals surface area contributed by atoms with Gasteiger partial charge in [0, 0.05) is 10.6 Å². The summed E-state index contributed by atoms with van der Waals surface area (Å²) in [5.74, 6) is 0.703. The van der Waals surface area contributed by atoms with E-state index in [1.54, 1.807) is 43.5 Å². The summed E-state index contributed by atoms with van der Waals surface area (Å²) < 4.78 is 11.2. The number of nitrogens with one attached hydrogen (secondary N) is 1. The number of halogens is 2. The molecule has 150 valence electrons. The van der Waals surface area contributed by atoms with Crippen LogP contribution in [0.1, 0.15) is 48.5 Å². The molecule has 2 rings (SSSR count). The quantitative estimate of drug-likeness (QED) is 0.302. The van der Waals surface area contributed by atoms with Gasteiger partial charge in [0.15, 0.2) is 11.5 Å². The number of hydrogen-bond acceptors (Lipinski definition) is 4. The van der Waals surface area contributed by atoms with Crippen molar-refractivity contribution < 1.29 is 14.3 Å². The van der Waals surface area contributed by atoms with Crippen molar-refractivity contribution in [1.82, 2.24) is 5.43 Å². The molecule has 7 heteroatoms. The predicted octanol–water partition coefficient (Wildman–Crippen LogP) is 5.73. The van der Waals surface area contributed by atoms with Gasteiger partial charge in [-0.15, -0.1) is 0 Å². The van der Waals surface area contributed by atoms with Crippen molar-refractivity contribution in [1.29, 1.82) is 0 Å². The predicted molar refractivity (Wildman–Crippen MR) is 114 cm³/mol. The van der Waals surface area contributed by atoms with Gasteiger partial charge in [-0.2, -0.15) is 5.10 Å². The molecular weight excluding hydrogens is 399 g/mol. The highest BCUT2D eigenvalue weighted by Crippen LogP contribution is 2.36. The van der Waals surface area contributed by atoms with Crippen molar-refractivity contribution in [2.24, 2.45) is 5.10 Å². The summed E-state index contributed by atoms with van der Waals surface area (Å²) in [5, 5.41) is 4.97. The van der Waals surface area contributed by atoms with Crippen LogP contribution in [0, 0.1) is 0 Å². The molecule has 0 fully saturated rings. The minimum Gasteiger partial charge on any atom is -0.493 e. The van der Waals surface area contributed by atoms with E-state index in [9.17, 15) is 4.79 Å². The zero-order valence-electron chi connectivity index (χ0n) is 16.0. The van der Waals surface area contributed by atoms with Crippen molar-refractivity contribution >= 4 is 35.3 Å². The number of carbonyl (C=O) groups excluding carboxylic acids is 1. The number of hydrogen-bond donors (Lipinski definition) is 1. The summed E-state index contributed by atoms with van der Waals surface area (Å²) in [4.78, 5) is 12.0. The van der Waals surface area contributed by atoms with Gasteiger partial charge in [-0.3, -0.25) is 4.79 Å². The van der Waals surface area contributed by atoms with Crippen LogP contribution in [0.4, 0.5) is 0 Å². The Labute approximate surface area is 175 Å². The fourth-order valence-corrected chi connectivity index (χ4v) is 2.89. The number of unbranched alkanes of at least 4 members (excludes halogenated alkanes) is 3. The van der Waals surface area contributed by atoms with Gasteiger partial charge in [-0.05, 0) is 48.4 Å². The third kappa shape index (κ3) is 6.73. The molecule has 0 aromatic heterocycles. The number of amides is 1. The molecule has 2 aromatic rings. The van der Waals surface area contributed by atoms with Crippen LogP contribution in [0.2, 0.25) is 10.0 Å². The van der Waals surface area contributed by atoms with Gasteiger partial charge in [-0.1, -0.05) is 49.4 Å². The highest BCUT2D eigenvalue weighted by atomic mass is 35.5. The number of methoxy groups -OCH3 is 1. The second-order valence-electron chi connectivity index (χ2n) is 6.15. The maximum atomic E-state index is 12.0. The second kappa shape index (κ2) is 11.6. The first kappa shape index (κ1) is 22.1. The van der Waals surface area contributed by atoms with Crippen LogP contribution in [0.25, 0.3) is 0 Å². The van der Waals surface area contributed by atoms with E-state index in [1.165, 1.54) is 19.1 Å². The van der Waals surface area contributed by atoms with E-state index in [4.69, 9.17) is 32.7 Å². The Morgan fingerprint density at radius 3 is 2.57 bits per heavy atom. The van der Waals surface area contributed by atoms with E-state index < -0.39 is 0 Å². The van der Waals surface area contributed by atoms with Crippen molar-refractivity contribution in [3.8, 4) is 11.5 Å². The van der Waals surface area contributed by atoms with Crippen LogP contribution in [-0.4, -0.2) is 25.8 Å². The van der Waals surface area contributed by atoms with Gasteiger partial charge in [0.1, 0.15) is 0 Å². The lowest BCUT2D eigenvalue weighted by Gasteiger charge is -2.13. The second-order valence-corrected chi connectivity index (χ2v) is 6.99. The Morgan fingerprint density at radius 2 is 1.89 bits per heavy atom. The summed E-state index contributed by atoms with van der Waals surface area (Å²) in [6.07, 6.45) is 5.94. The van der Waals surface area contributed by atoms with Crippen molar-refractivity contribution in [2.75, 3.05) is 13.7 Å². The Bertz CT molecular complexity index is 808. The van der Waals surface area contributed by atoms with Gasteiger partial charge in [0.2, 0.25) is 0 Å². The van der Waals surface area contributed by atoms with E-state index in [0.717, 1.165) is 12.8 Å². The summed E-state index contributed by atoms with van der Waals surface area (Å²) in [5.41, 5.74) is 3.60. The summed E-state index contributed by atoms with van der Waals surface area (Å²) in [6.45, 7) is 2.75. The number of nitrogens with zero attached hydrogens (tertiary/aromatic N) is 1. The van der Waals surface area contributed by atoms with Crippen LogP contribution in [0.15, 0.2) is 41.5 Å². The summed E-state index contributed by atoms with van der Waals surface area (Å²) in [7, 11) is 1.55. The van der Waals surface area contributed by atoms with Crippen LogP contribution in [0.3, 0.4) is 0 Å². The average molecular weight is 423 g/mol. The fourth-order valence-electron chi connectivity index (χ4n) is 2.49. The van der Waals surface area contributed by atoms with E-state index in [2.05, 4.69) is 17.5 Å². The van der Waals surface area contributed by atoms with Crippen LogP contribution in [0.5, 0.6) is 11.5 Å². The first-order valence-electron chi connectivity index (χ1n) is 9.14. The van der Waals surface area contributed by atoms with Crippen molar-refractivity contribution in [3.05, 3.63) is 57.6 Å². The molecule has 0 radical (unpaired) electrons. The topological polar surface area (TPSA) is 59.9 Å². The SMILES string of the molecule is CCCCCCOc1c(Cl)cc(/C=N/NC(=O)c2ccc(Cl)cc2)cc1OC. The lowest BCUT2D eigenvalue weighted by atomic mass is 10.2. The Hall–Kier alpha value is -2.24.